The van der Waals surface area contributed by atoms with Crippen molar-refractivity contribution < 1.29 is 27.9 Å². The predicted octanol–water partition coefficient (Wildman–Crippen LogP) is 4.12. The van der Waals surface area contributed by atoms with E-state index in [1.807, 2.05) is 61.5 Å². The van der Waals surface area contributed by atoms with Gasteiger partial charge in [0.25, 0.3) is 0 Å². The molecule has 2 aliphatic rings. The summed E-state index contributed by atoms with van der Waals surface area (Å²) in [5.74, 6) is -1.87. The zero-order valence-electron chi connectivity index (χ0n) is 22.3. The van der Waals surface area contributed by atoms with Crippen LogP contribution in [0.1, 0.15) is 45.6 Å². The summed E-state index contributed by atoms with van der Waals surface area (Å²) in [6.45, 7) is 2.49. The van der Waals surface area contributed by atoms with Crippen LogP contribution in [0.25, 0.3) is 10.8 Å². The van der Waals surface area contributed by atoms with Gasteiger partial charge in [0, 0.05) is 19.4 Å². The Morgan fingerprint density at radius 2 is 1.61 bits per heavy atom. The van der Waals surface area contributed by atoms with E-state index in [0.717, 1.165) is 29.2 Å². The molecule has 0 saturated carbocycles. The lowest BCUT2D eigenvalue weighted by Crippen LogP contribution is -2.64. The van der Waals surface area contributed by atoms with E-state index in [-0.39, 0.29) is 44.0 Å². The lowest BCUT2D eigenvalue weighted by Gasteiger charge is -2.44. The number of amides is 2. The van der Waals surface area contributed by atoms with Gasteiger partial charge in [-0.25, -0.2) is 8.42 Å². The first-order chi connectivity index (χ1) is 19.2. The van der Waals surface area contributed by atoms with Crippen LogP contribution in [0.4, 0.5) is 0 Å². The number of carboxylic acids is 1. The van der Waals surface area contributed by atoms with Gasteiger partial charge in [0.15, 0.2) is 0 Å². The smallest absolute Gasteiger partial charge is 0.303 e. The first-order valence-electron chi connectivity index (χ1n) is 13.6. The molecule has 5 rings (SSSR count). The van der Waals surface area contributed by atoms with Gasteiger partial charge in [-0.15, -0.1) is 0 Å². The van der Waals surface area contributed by atoms with Gasteiger partial charge in [-0.1, -0.05) is 81.4 Å². The molecule has 3 aromatic carbocycles. The number of sulfonamides is 1. The van der Waals surface area contributed by atoms with Crippen molar-refractivity contribution >= 4 is 38.6 Å². The fourth-order valence-electron chi connectivity index (χ4n) is 5.77. The third kappa shape index (κ3) is 5.85. The van der Waals surface area contributed by atoms with Crippen molar-refractivity contribution in [3.05, 3.63) is 78.4 Å². The molecule has 2 fully saturated rings. The molecule has 41 heavy (non-hydrogen) atoms. The Bertz CT molecular complexity index is 1530. The summed E-state index contributed by atoms with van der Waals surface area (Å²) >= 11 is 0. The number of rotatable bonds is 10. The molecule has 1 N–H and O–H groups in total. The molecule has 0 aliphatic carbocycles. The van der Waals surface area contributed by atoms with Gasteiger partial charge in [-0.2, -0.15) is 4.31 Å². The molecule has 2 saturated heterocycles. The Labute approximate surface area is 241 Å². The zero-order chi connectivity index (χ0) is 28.4. The van der Waals surface area contributed by atoms with Gasteiger partial charge in [0.05, 0.1) is 11.4 Å². The average molecular weight is 580 g/mol. The number of fused-ring (bicyclic) bond motifs is 2. The second-order valence-electron chi connectivity index (χ2n) is 10.4. The van der Waals surface area contributed by atoms with Crippen molar-refractivity contribution in [3.8, 4) is 0 Å². The van der Waals surface area contributed by atoms with Gasteiger partial charge in [0.1, 0.15) is 18.2 Å². The van der Waals surface area contributed by atoms with Crippen LogP contribution in [0.15, 0.2) is 77.7 Å². The fraction of sp³-hybridized carbons (Fsp3) is 0.387. The Kier molecular flexibility index (Phi) is 9.14. The van der Waals surface area contributed by atoms with Gasteiger partial charge in [0.2, 0.25) is 21.8 Å². The van der Waals surface area contributed by atoms with Crippen molar-refractivity contribution in [1.82, 2.24) is 14.1 Å². The minimum absolute atomic E-state index is 0. The highest BCUT2D eigenvalue weighted by Gasteiger charge is 2.58. The summed E-state index contributed by atoms with van der Waals surface area (Å²) in [6, 6.07) is 19.4. The first kappa shape index (κ1) is 30.2. The number of hydrogen-bond donors (Lipinski definition) is 1. The maximum atomic E-state index is 14.3. The van der Waals surface area contributed by atoms with E-state index in [1.54, 1.807) is 17.0 Å². The first-order valence-corrected chi connectivity index (χ1v) is 15.1. The van der Waals surface area contributed by atoms with Crippen molar-refractivity contribution in [2.45, 2.75) is 69.6 Å². The quantitative estimate of drug-likeness (QED) is 0.386. The van der Waals surface area contributed by atoms with Crippen molar-refractivity contribution in [1.29, 1.82) is 0 Å². The van der Waals surface area contributed by atoms with Gasteiger partial charge >= 0.3 is 5.97 Å². The highest BCUT2D eigenvalue weighted by atomic mass is 32.2. The zero-order valence-corrected chi connectivity index (χ0v) is 23.2. The number of unbranched alkanes of at least 4 members (excludes halogenated alkanes) is 1. The van der Waals surface area contributed by atoms with Crippen LogP contribution in [0.5, 0.6) is 0 Å². The molecular weight excluding hydrogens is 542 g/mol. The molecule has 0 radical (unpaired) electrons. The topological polar surface area (TPSA) is 115 Å². The van der Waals surface area contributed by atoms with Crippen molar-refractivity contribution in [3.63, 3.8) is 0 Å². The molecular formula is C31H37N3O6S. The normalized spacial score (nSPS) is 21.1. The highest BCUT2D eigenvalue weighted by molar-refractivity contribution is 7.89. The van der Waals surface area contributed by atoms with Crippen LogP contribution in [0.3, 0.4) is 0 Å². The van der Waals surface area contributed by atoms with Crippen LogP contribution in [0, 0.1) is 0 Å². The third-order valence-corrected chi connectivity index (χ3v) is 9.66. The van der Waals surface area contributed by atoms with E-state index in [2.05, 4.69) is 0 Å². The summed E-state index contributed by atoms with van der Waals surface area (Å²) in [5, 5.41) is 11.0. The number of carboxylic acid groups (broad SMARTS) is 1. The highest BCUT2D eigenvalue weighted by Crippen LogP contribution is 2.37. The average Bonchev–Trinajstić information content (AvgIpc) is 3.24. The molecule has 218 valence electrons. The molecule has 0 aromatic heterocycles. The lowest BCUT2D eigenvalue weighted by atomic mass is 10.00. The number of nitrogens with zero attached hydrogens (tertiary/aromatic N) is 3. The number of piperazine rings is 1. The minimum Gasteiger partial charge on any atom is -0.481 e. The Balaban J connectivity index is 0.00000387. The van der Waals surface area contributed by atoms with E-state index in [9.17, 15) is 27.9 Å². The molecule has 2 heterocycles. The Morgan fingerprint density at radius 3 is 2.29 bits per heavy atom. The van der Waals surface area contributed by atoms with Gasteiger partial charge in [-0.3, -0.25) is 14.4 Å². The van der Waals surface area contributed by atoms with Crippen LogP contribution in [-0.4, -0.2) is 76.8 Å². The molecule has 2 amide bonds. The largest absolute Gasteiger partial charge is 0.481 e. The van der Waals surface area contributed by atoms with E-state index in [1.165, 1.54) is 15.3 Å². The number of carbonyl (C=O) groups excluding carboxylic acids is 2. The molecule has 9 nitrogen and oxygen atoms in total. The maximum Gasteiger partial charge on any atom is 0.303 e. The number of carbonyl (C=O) groups is 3. The fourth-order valence-corrected chi connectivity index (χ4v) is 7.54. The molecule has 3 aromatic rings. The molecule has 0 bridgehead atoms. The van der Waals surface area contributed by atoms with E-state index in [0.29, 0.717) is 6.54 Å². The van der Waals surface area contributed by atoms with E-state index in [4.69, 9.17) is 0 Å². The summed E-state index contributed by atoms with van der Waals surface area (Å²) in [4.78, 5) is 42.3. The SMILES string of the molecule is C.CCCCN1C[C@H]2N(C(=O)[C@H](CCC(=O)O)N2S(=O)(=O)c2ccc3ccccc3c2)[C@@H](Cc2ccccc2)C1=O. The van der Waals surface area contributed by atoms with Crippen LogP contribution in [-0.2, 0) is 30.8 Å². The van der Waals surface area contributed by atoms with Gasteiger partial charge in [-0.05, 0) is 41.3 Å². The second-order valence-corrected chi connectivity index (χ2v) is 12.2. The molecule has 10 heteroatoms. The Hall–Kier alpha value is -3.76. The molecule has 2 aliphatic heterocycles. The number of hydrogen-bond acceptors (Lipinski definition) is 5. The maximum absolute atomic E-state index is 14.3. The number of aliphatic carboxylic acids is 1. The predicted molar refractivity (Wildman–Crippen MR) is 156 cm³/mol. The Morgan fingerprint density at radius 1 is 0.927 bits per heavy atom. The van der Waals surface area contributed by atoms with Gasteiger partial charge < -0.3 is 14.9 Å². The second kappa shape index (κ2) is 12.4. The summed E-state index contributed by atoms with van der Waals surface area (Å²) < 4.78 is 29.8. The molecule has 3 atom stereocenters. The molecule has 0 spiro atoms. The van der Waals surface area contributed by atoms with E-state index >= 15 is 0 Å². The van der Waals surface area contributed by atoms with E-state index < -0.39 is 40.1 Å². The van der Waals surface area contributed by atoms with Crippen molar-refractivity contribution in [2.75, 3.05) is 13.1 Å². The van der Waals surface area contributed by atoms with Crippen LogP contribution >= 0.6 is 0 Å². The summed E-state index contributed by atoms with van der Waals surface area (Å²) in [5.41, 5.74) is 0.850. The van der Waals surface area contributed by atoms with Crippen LogP contribution < -0.4 is 0 Å². The lowest BCUT2D eigenvalue weighted by molar-refractivity contribution is -0.152. The minimum atomic E-state index is -4.25. The van der Waals surface area contributed by atoms with Crippen LogP contribution in [0.2, 0.25) is 0 Å². The third-order valence-electron chi connectivity index (χ3n) is 7.76. The van der Waals surface area contributed by atoms with Crippen molar-refractivity contribution in [2.24, 2.45) is 0 Å². The monoisotopic (exact) mass is 579 g/mol. The summed E-state index contributed by atoms with van der Waals surface area (Å²) in [6.07, 6.45) is 0.323. The molecule has 0 unspecified atom stereocenters. The standard InChI is InChI=1S/C30H33N3O6S.CH4/c1-2-3-17-31-20-27-32(26(29(31)36)18-21-9-5-4-6-10-21)30(37)25(15-16-28(34)35)33(27)40(38,39)24-14-13-22-11-7-8-12-23(22)19-24;/h4-14,19,25-27H,2-3,15-18,20H2,1H3,(H,34,35);1H4/t25-,26-,27-;/m0./s1. The summed E-state index contributed by atoms with van der Waals surface area (Å²) in [7, 11) is -4.25. The number of benzene rings is 3.